The van der Waals surface area contributed by atoms with Gasteiger partial charge in [-0.3, -0.25) is 4.79 Å². The van der Waals surface area contributed by atoms with Crippen LogP contribution in [0.2, 0.25) is 0 Å². The van der Waals surface area contributed by atoms with Gasteiger partial charge in [-0.1, -0.05) is 19.3 Å². The molecule has 1 amide bonds. The van der Waals surface area contributed by atoms with Gasteiger partial charge in [0.15, 0.2) is 0 Å². The van der Waals surface area contributed by atoms with Crippen LogP contribution < -0.4 is 0 Å². The SMILES string of the molecule is CC(C1CCCCC1)N(C)C(=O)C(Br)(Br)Br. The molecule has 2 nitrogen and oxygen atoms in total. The third kappa shape index (κ3) is 3.98. The highest BCUT2D eigenvalue weighted by Crippen LogP contribution is 2.37. The predicted molar refractivity (Wildman–Crippen MR) is 78.3 cm³/mol. The Morgan fingerprint density at radius 1 is 1.25 bits per heavy atom. The Kier molecular flexibility index (Phi) is 5.79. The fourth-order valence-corrected chi connectivity index (χ4v) is 3.16. The summed E-state index contributed by atoms with van der Waals surface area (Å²) >= 11 is 9.84. The lowest BCUT2D eigenvalue weighted by atomic mass is 9.84. The van der Waals surface area contributed by atoms with E-state index in [2.05, 4.69) is 54.7 Å². The van der Waals surface area contributed by atoms with E-state index < -0.39 is 2.14 Å². The summed E-state index contributed by atoms with van der Waals surface area (Å²) in [6.07, 6.45) is 6.45. The Bertz CT molecular complexity index is 246. The molecule has 1 atom stereocenters. The fraction of sp³-hybridized carbons (Fsp3) is 0.909. The molecule has 0 aromatic heterocycles. The molecule has 1 unspecified atom stereocenters. The van der Waals surface area contributed by atoms with Crippen LogP contribution in [0.3, 0.4) is 0 Å². The molecule has 1 aliphatic carbocycles. The third-order valence-corrected chi connectivity index (χ3v) is 4.52. The van der Waals surface area contributed by atoms with Gasteiger partial charge in [0.05, 0.1) is 0 Å². The molecule has 1 saturated carbocycles. The lowest BCUT2D eigenvalue weighted by Crippen LogP contribution is -2.45. The van der Waals surface area contributed by atoms with E-state index >= 15 is 0 Å². The van der Waals surface area contributed by atoms with Crippen LogP contribution in [0.25, 0.3) is 0 Å². The van der Waals surface area contributed by atoms with Crippen LogP contribution in [0, 0.1) is 5.92 Å². The van der Waals surface area contributed by atoms with Crippen molar-refractivity contribution in [3.63, 3.8) is 0 Å². The maximum atomic E-state index is 12.0. The van der Waals surface area contributed by atoms with Gasteiger partial charge in [-0.2, -0.15) is 0 Å². The molecule has 0 saturated heterocycles. The molecule has 16 heavy (non-hydrogen) atoms. The van der Waals surface area contributed by atoms with E-state index in [1.165, 1.54) is 32.1 Å². The molecule has 0 aromatic carbocycles. The number of rotatable bonds is 2. The minimum Gasteiger partial charge on any atom is -0.340 e. The first-order chi connectivity index (χ1) is 7.34. The molecule has 94 valence electrons. The monoisotopic (exact) mass is 417 g/mol. The molecular formula is C11H18Br3NO. The highest BCUT2D eigenvalue weighted by molar-refractivity contribution is 9.40. The topological polar surface area (TPSA) is 20.3 Å². The van der Waals surface area contributed by atoms with E-state index in [1.54, 1.807) is 0 Å². The van der Waals surface area contributed by atoms with Gasteiger partial charge in [0.1, 0.15) is 0 Å². The number of hydrogen-bond acceptors (Lipinski definition) is 1. The number of hydrogen-bond donors (Lipinski definition) is 0. The van der Waals surface area contributed by atoms with Crippen LogP contribution in [0.5, 0.6) is 0 Å². The van der Waals surface area contributed by atoms with Crippen LogP contribution in [-0.4, -0.2) is 26.0 Å². The first-order valence-electron chi connectivity index (χ1n) is 5.68. The normalized spacial score (nSPS) is 20.6. The summed E-state index contributed by atoms with van der Waals surface area (Å²) in [6.45, 7) is 2.15. The van der Waals surface area contributed by atoms with E-state index in [-0.39, 0.29) is 5.91 Å². The zero-order valence-electron chi connectivity index (χ0n) is 9.68. The number of carbonyl (C=O) groups is 1. The van der Waals surface area contributed by atoms with Crippen molar-refractivity contribution in [3.8, 4) is 0 Å². The molecule has 0 bridgehead atoms. The van der Waals surface area contributed by atoms with Gasteiger partial charge in [0.25, 0.3) is 5.91 Å². The first kappa shape index (κ1) is 15.0. The summed E-state index contributed by atoms with van der Waals surface area (Å²) in [6, 6.07) is 0.305. The second-order valence-corrected chi connectivity index (χ2v) is 11.3. The Hall–Kier alpha value is 0.910. The Morgan fingerprint density at radius 2 is 1.75 bits per heavy atom. The second kappa shape index (κ2) is 6.19. The molecule has 1 aliphatic rings. The van der Waals surface area contributed by atoms with Crippen molar-refractivity contribution in [2.45, 2.75) is 47.2 Å². The van der Waals surface area contributed by atoms with Gasteiger partial charge in [0.2, 0.25) is 2.14 Å². The van der Waals surface area contributed by atoms with Crippen LogP contribution in [-0.2, 0) is 4.79 Å². The average Bonchev–Trinajstić information content (AvgIpc) is 2.26. The third-order valence-electron chi connectivity index (χ3n) is 3.51. The smallest absolute Gasteiger partial charge is 0.261 e. The van der Waals surface area contributed by atoms with Crippen molar-refractivity contribution < 1.29 is 4.79 Å². The average molecular weight is 420 g/mol. The minimum absolute atomic E-state index is 0.0190. The Morgan fingerprint density at radius 3 is 2.19 bits per heavy atom. The molecule has 0 radical (unpaired) electrons. The highest BCUT2D eigenvalue weighted by Gasteiger charge is 2.35. The highest BCUT2D eigenvalue weighted by atomic mass is 80.0. The van der Waals surface area contributed by atoms with Crippen molar-refractivity contribution in [1.29, 1.82) is 0 Å². The quantitative estimate of drug-likeness (QED) is 0.612. The van der Waals surface area contributed by atoms with Crippen LogP contribution in [0.4, 0.5) is 0 Å². The molecule has 1 fully saturated rings. The van der Waals surface area contributed by atoms with Gasteiger partial charge >= 0.3 is 0 Å². The largest absolute Gasteiger partial charge is 0.340 e. The summed E-state index contributed by atoms with van der Waals surface area (Å²) in [4.78, 5) is 13.9. The van der Waals surface area contributed by atoms with Gasteiger partial charge in [-0.25, -0.2) is 0 Å². The van der Waals surface area contributed by atoms with E-state index in [4.69, 9.17) is 0 Å². The molecular weight excluding hydrogens is 402 g/mol. The Balaban J connectivity index is 2.58. The molecule has 5 heteroatoms. The molecule has 1 rings (SSSR count). The van der Waals surface area contributed by atoms with Crippen molar-refractivity contribution in [3.05, 3.63) is 0 Å². The van der Waals surface area contributed by atoms with Gasteiger partial charge in [-0.15, -0.1) is 0 Å². The van der Waals surface area contributed by atoms with Gasteiger partial charge in [0, 0.05) is 13.1 Å². The van der Waals surface area contributed by atoms with Gasteiger partial charge in [-0.05, 0) is 73.5 Å². The second-order valence-electron chi connectivity index (χ2n) is 4.55. The zero-order valence-corrected chi connectivity index (χ0v) is 14.4. The summed E-state index contributed by atoms with van der Waals surface area (Å²) in [5, 5.41) is 0. The number of amides is 1. The van der Waals surface area contributed by atoms with Crippen molar-refractivity contribution in [2.75, 3.05) is 7.05 Å². The molecule has 0 aliphatic heterocycles. The van der Waals surface area contributed by atoms with Crippen LogP contribution in [0.1, 0.15) is 39.0 Å². The Labute approximate surface area is 123 Å². The summed E-state index contributed by atoms with van der Waals surface area (Å²) in [7, 11) is 1.88. The van der Waals surface area contributed by atoms with Crippen molar-refractivity contribution in [1.82, 2.24) is 4.90 Å². The summed E-state index contributed by atoms with van der Waals surface area (Å²) in [5.41, 5.74) is 0. The summed E-state index contributed by atoms with van der Waals surface area (Å²) in [5.74, 6) is 0.670. The molecule has 0 aromatic rings. The van der Waals surface area contributed by atoms with Gasteiger partial charge < -0.3 is 4.90 Å². The fourth-order valence-electron chi connectivity index (χ4n) is 2.32. The summed E-state index contributed by atoms with van der Waals surface area (Å²) < 4.78 is -0.815. The van der Waals surface area contributed by atoms with E-state index in [0.717, 1.165) is 0 Å². The predicted octanol–water partition coefficient (Wildman–Crippen LogP) is 4.25. The lowest BCUT2D eigenvalue weighted by Gasteiger charge is -2.35. The van der Waals surface area contributed by atoms with E-state index in [1.807, 2.05) is 11.9 Å². The minimum atomic E-state index is -0.815. The first-order valence-corrected chi connectivity index (χ1v) is 8.06. The standard InChI is InChI=1S/C11H18Br3NO/c1-8(9-6-4-3-5-7-9)15(2)10(16)11(12,13)14/h8-9H,3-7H2,1-2H3. The molecule has 0 N–H and O–H groups in total. The van der Waals surface area contributed by atoms with E-state index in [9.17, 15) is 4.79 Å². The van der Waals surface area contributed by atoms with Crippen molar-refractivity contribution >= 4 is 53.7 Å². The maximum Gasteiger partial charge on any atom is 0.261 e. The van der Waals surface area contributed by atoms with Crippen LogP contribution >= 0.6 is 47.8 Å². The van der Waals surface area contributed by atoms with Crippen molar-refractivity contribution in [2.24, 2.45) is 5.92 Å². The molecule has 0 spiro atoms. The number of carbonyl (C=O) groups excluding carboxylic acids is 1. The van der Waals surface area contributed by atoms with Crippen LogP contribution in [0.15, 0.2) is 0 Å². The lowest BCUT2D eigenvalue weighted by molar-refractivity contribution is -0.131. The number of halogens is 3. The maximum absolute atomic E-state index is 12.0. The number of alkyl halides is 3. The van der Waals surface area contributed by atoms with E-state index in [0.29, 0.717) is 12.0 Å². The zero-order chi connectivity index (χ0) is 12.3. The molecule has 0 heterocycles. The number of nitrogens with zero attached hydrogens (tertiary/aromatic N) is 1.